The molecule has 0 amide bonds. The van der Waals surface area contributed by atoms with Gasteiger partial charge < -0.3 is 4.90 Å². The van der Waals surface area contributed by atoms with Crippen molar-refractivity contribution in [1.29, 1.82) is 0 Å². The molecule has 0 bridgehead atoms. The quantitative estimate of drug-likeness (QED) is 0.637. The van der Waals surface area contributed by atoms with Gasteiger partial charge in [0.2, 0.25) is 0 Å². The minimum Gasteiger partial charge on any atom is -0.341 e. The molecule has 1 aliphatic rings. The Hall–Kier alpha value is -1.50. The number of benzene rings is 1. The summed E-state index contributed by atoms with van der Waals surface area (Å²) in [5, 5.41) is 0. The molecule has 0 saturated heterocycles. The first-order valence-corrected chi connectivity index (χ1v) is 4.00. The van der Waals surface area contributed by atoms with Crippen molar-refractivity contribution >= 4 is 5.70 Å². The molecule has 0 saturated carbocycles. The number of likely N-dealkylation sites (N-methyl/N-ethyl adjacent to an activating group) is 1. The number of hydrogen-bond acceptors (Lipinski definition) is 1. The van der Waals surface area contributed by atoms with E-state index in [4.69, 9.17) is 0 Å². The van der Waals surface area contributed by atoms with E-state index in [0.717, 1.165) is 0 Å². The maximum Gasteiger partial charge on any atom is 0.0723 e. The third-order valence-electron chi connectivity index (χ3n) is 2.13. The lowest BCUT2D eigenvalue weighted by atomic mass is 10.2. The Morgan fingerprint density at radius 1 is 1.25 bits per heavy atom. The van der Waals surface area contributed by atoms with E-state index in [1.54, 1.807) is 0 Å². The predicted molar refractivity (Wildman–Crippen MR) is 51.3 cm³/mol. The zero-order chi connectivity index (χ0) is 8.55. The van der Waals surface area contributed by atoms with Crippen LogP contribution in [0.5, 0.6) is 0 Å². The molecule has 12 heavy (non-hydrogen) atoms. The highest BCUT2D eigenvalue weighted by atomic mass is 15.2. The standard InChI is InChI=1S/C11H11N/c1-3-10-11(12(10)2)9-7-5-4-6-8-9/h3-8H,1H2,2H3. The van der Waals surface area contributed by atoms with E-state index in [1.165, 1.54) is 17.0 Å². The van der Waals surface area contributed by atoms with E-state index in [9.17, 15) is 0 Å². The van der Waals surface area contributed by atoms with Crippen LogP contribution in [-0.2, 0) is 0 Å². The van der Waals surface area contributed by atoms with Gasteiger partial charge in [0, 0.05) is 12.6 Å². The van der Waals surface area contributed by atoms with Crippen molar-refractivity contribution in [3.63, 3.8) is 0 Å². The highest BCUT2D eigenvalue weighted by molar-refractivity contribution is 5.81. The van der Waals surface area contributed by atoms with Gasteiger partial charge in [-0.3, -0.25) is 0 Å². The van der Waals surface area contributed by atoms with Crippen LogP contribution in [0.1, 0.15) is 5.56 Å². The molecular formula is C11H11N. The molecular weight excluding hydrogens is 146 g/mol. The summed E-state index contributed by atoms with van der Waals surface area (Å²) in [6, 6.07) is 10.4. The molecule has 1 aromatic carbocycles. The summed E-state index contributed by atoms with van der Waals surface area (Å²) in [4.78, 5) is 2.14. The van der Waals surface area contributed by atoms with Crippen molar-refractivity contribution in [2.45, 2.75) is 0 Å². The zero-order valence-corrected chi connectivity index (χ0v) is 7.12. The highest BCUT2D eigenvalue weighted by Crippen LogP contribution is 2.38. The Bertz CT molecular complexity index is 335. The van der Waals surface area contributed by atoms with Gasteiger partial charge in [-0.05, 0) is 6.08 Å². The lowest BCUT2D eigenvalue weighted by molar-refractivity contribution is 0.749. The smallest absolute Gasteiger partial charge is 0.0723 e. The molecule has 1 aliphatic heterocycles. The van der Waals surface area contributed by atoms with Crippen molar-refractivity contribution in [2.75, 3.05) is 7.05 Å². The van der Waals surface area contributed by atoms with E-state index in [0.29, 0.717) is 0 Å². The highest BCUT2D eigenvalue weighted by Gasteiger charge is 2.27. The second-order valence-corrected chi connectivity index (χ2v) is 2.86. The van der Waals surface area contributed by atoms with Crippen LogP contribution in [0.25, 0.3) is 5.70 Å². The molecule has 0 fully saturated rings. The van der Waals surface area contributed by atoms with E-state index >= 15 is 0 Å². The van der Waals surface area contributed by atoms with Gasteiger partial charge >= 0.3 is 0 Å². The summed E-state index contributed by atoms with van der Waals surface area (Å²) in [5.41, 5.74) is 3.81. The molecule has 1 heterocycles. The van der Waals surface area contributed by atoms with Gasteiger partial charge in [-0.1, -0.05) is 36.9 Å². The fourth-order valence-electron chi connectivity index (χ4n) is 1.43. The Morgan fingerprint density at radius 2 is 1.92 bits per heavy atom. The average molecular weight is 157 g/mol. The van der Waals surface area contributed by atoms with Gasteiger partial charge in [0.1, 0.15) is 0 Å². The number of allylic oxidation sites excluding steroid dienone is 1. The summed E-state index contributed by atoms with van der Waals surface area (Å²) in [6.45, 7) is 3.75. The summed E-state index contributed by atoms with van der Waals surface area (Å²) >= 11 is 0. The maximum absolute atomic E-state index is 3.75. The predicted octanol–water partition coefficient (Wildman–Crippen LogP) is 2.49. The number of rotatable bonds is 2. The first-order chi connectivity index (χ1) is 5.84. The van der Waals surface area contributed by atoms with Gasteiger partial charge in [-0.2, -0.15) is 0 Å². The summed E-state index contributed by atoms with van der Waals surface area (Å²) in [6.07, 6.45) is 1.89. The zero-order valence-electron chi connectivity index (χ0n) is 7.12. The lowest BCUT2D eigenvalue weighted by Gasteiger charge is -1.95. The largest absolute Gasteiger partial charge is 0.341 e. The second-order valence-electron chi connectivity index (χ2n) is 2.86. The Balaban J connectivity index is 2.35. The normalized spacial score (nSPS) is 14.9. The van der Waals surface area contributed by atoms with Crippen LogP contribution in [0.15, 0.2) is 48.7 Å². The Morgan fingerprint density at radius 3 is 2.42 bits per heavy atom. The molecule has 0 spiro atoms. The molecule has 60 valence electrons. The van der Waals surface area contributed by atoms with Gasteiger partial charge in [0.25, 0.3) is 0 Å². The van der Waals surface area contributed by atoms with Crippen molar-refractivity contribution < 1.29 is 0 Å². The molecule has 0 atom stereocenters. The van der Waals surface area contributed by atoms with Gasteiger partial charge in [-0.15, -0.1) is 0 Å². The minimum absolute atomic E-state index is 1.24. The van der Waals surface area contributed by atoms with Crippen molar-refractivity contribution in [1.82, 2.24) is 4.90 Å². The average Bonchev–Trinajstić information content (AvgIpc) is 2.78. The molecule has 0 unspecified atom stereocenters. The molecule has 1 heteroatoms. The molecule has 0 N–H and O–H groups in total. The van der Waals surface area contributed by atoms with Crippen LogP contribution in [0.3, 0.4) is 0 Å². The second kappa shape index (κ2) is 2.52. The topological polar surface area (TPSA) is 3.01 Å². The number of hydrogen-bond donors (Lipinski definition) is 0. The first kappa shape index (κ1) is 7.17. The number of nitrogens with zero attached hydrogens (tertiary/aromatic N) is 1. The fraction of sp³-hybridized carbons (Fsp3) is 0.0909. The first-order valence-electron chi connectivity index (χ1n) is 4.00. The van der Waals surface area contributed by atoms with Crippen molar-refractivity contribution in [3.8, 4) is 0 Å². The summed E-state index contributed by atoms with van der Waals surface area (Å²) in [7, 11) is 2.05. The molecule has 0 radical (unpaired) electrons. The van der Waals surface area contributed by atoms with E-state index < -0.39 is 0 Å². The molecule has 2 rings (SSSR count). The van der Waals surface area contributed by atoms with Crippen LogP contribution >= 0.6 is 0 Å². The molecule has 1 aromatic rings. The lowest BCUT2D eigenvalue weighted by Crippen LogP contribution is -1.88. The SMILES string of the molecule is C=CC1=C(c2ccccc2)N1C. The molecule has 1 nitrogen and oxygen atoms in total. The van der Waals surface area contributed by atoms with Crippen LogP contribution < -0.4 is 0 Å². The Kier molecular flexibility index (Phi) is 1.51. The van der Waals surface area contributed by atoms with E-state index in [2.05, 4.69) is 42.8 Å². The minimum atomic E-state index is 1.24. The third kappa shape index (κ3) is 0.944. The van der Waals surface area contributed by atoms with Crippen molar-refractivity contribution in [3.05, 3.63) is 54.2 Å². The van der Waals surface area contributed by atoms with Crippen LogP contribution in [-0.4, -0.2) is 11.9 Å². The van der Waals surface area contributed by atoms with Gasteiger partial charge in [-0.25, -0.2) is 0 Å². The third-order valence-corrected chi connectivity index (χ3v) is 2.13. The Labute approximate surface area is 72.6 Å². The maximum atomic E-state index is 3.75. The van der Waals surface area contributed by atoms with Crippen LogP contribution in [0.2, 0.25) is 0 Å². The van der Waals surface area contributed by atoms with E-state index in [-0.39, 0.29) is 0 Å². The van der Waals surface area contributed by atoms with Crippen LogP contribution in [0, 0.1) is 0 Å². The van der Waals surface area contributed by atoms with Crippen molar-refractivity contribution in [2.24, 2.45) is 0 Å². The molecule has 0 aromatic heterocycles. The van der Waals surface area contributed by atoms with Gasteiger partial charge in [0.15, 0.2) is 0 Å². The van der Waals surface area contributed by atoms with E-state index in [1.807, 2.05) is 12.1 Å². The molecule has 0 aliphatic carbocycles. The monoisotopic (exact) mass is 157 g/mol. The summed E-state index contributed by atoms with van der Waals surface area (Å²) in [5.74, 6) is 0. The van der Waals surface area contributed by atoms with Gasteiger partial charge in [0.05, 0.1) is 11.4 Å². The summed E-state index contributed by atoms with van der Waals surface area (Å²) < 4.78 is 0. The van der Waals surface area contributed by atoms with Crippen LogP contribution in [0.4, 0.5) is 0 Å². The fourth-order valence-corrected chi connectivity index (χ4v) is 1.43.